The SMILES string of the molecule is CCCCN1C(=O)NC(c2cccc(NC(=O)c3ccc(OC)cc3)c2)C(C(=O)OC(C)C)=C1C. The molecule has 35 heavy (non-hydrogen) atoms. The molecule has 2 N–H and O–H groups in total. The third-order valence-electron chi connectivity index (χ3n) is 5.72. The van der Waals surface area contributed by atoms with E-state index < -0.39 is 12.0 Å². The molecule has 0 aliphatic carbocycles. The minimum absolute atomic E-state index is 0.269. The number of hydrogen-bond acceptors (Lipinski definition) is 5. The Morgan fingerprint density at radius 3 is 2.49 bits per heavy atom. The number of amides is 3. The second-order valence-electron chi connectivity index (χ2n) is 8.65. The summed E-state index contributed by atoms with van der Waals surface area (Å²) in [5, 5.41) is 5.83. The lowest BCUT2D eigenvalue weighted by Gasteiger charge is -2.35. The van der Waals surface area contributed by atoms with Crippen molar-refractivity contribution in [3.63, 3.8) is 0 Å². The van der Waals surface area contributed by atoms with Crippen LogP contribution in [0.15, 0.2) is 59.8 Å². The predicted octanol–water partition coefficient (Wildman–Crippen LogP) is 5.04. The van der Waals surface area contributed by atoms with E-state index in [4.69, 9.17) is 9.47 Å². The highest BCUT2D eigenvalue weighted by Gasteiger charge is 2.36. The van der Waals surface area contributed by atoms with E-state index in [2.05, 4.69) is 10.6 Å². The van der Waals surface area contributed by atoms with Crippen LogP contribution in [0.3, 0.4) is 0 Å². The molecular formula is C27H33N3O5. The van der Waals surface area contributed by atoms with Crippen LogP contribution in [0.25, 0.3) is 0 Å². The normalized spacial score (nSPS) is 15.7. The Hall–Kier alpha value is -3.81. The molecule has 1 atom stereocenters. The number of anilines is 1. The van der Waals surface area contributed by atoms with Gasteiger partial charge in [0.1, 0.15) is 5.75 Å². The van der Waals surface area contributed by atoms with Crippen LogP contribution in [0.4, 0.5) is 10.5 Å². The first-order valence-corrected chi connectivity index (χ1v) is 11.8. The Morgan fingerprint density at radius 1 is 1.14 bits per heavy atom. The molecule has 0 fully saturated rings. The zero-order chi connectivity index (χ0) is 25.5. The Bertz CT molecular complexity index is 1110. The first-order valence-electron chi connectivity index (χ1n) is 11.8. The van der Waals surface area contributed by atoms with Gasteiger partial charge in [0, 0.05) is 23.5 Å². The highest BCUT2D eigenvalue weighted by Crippen LogP contribution is 2.33. The number of ether oxygens (including phenoxy) is 2. The molecule has 2 aromatic carbocycles. The summed E-state index contributed by atoms with van der Waals surface area (Å²) in [7, 11) is 1.56. The van der Waals surface area contributed by atoms with E-state index >= 15 is 0 Å². The van der Waals surface area contributed by atoms with Gasteiger partial charge in [-0.25, -0.2) is 9.59 Å². The molecule has 3 rings (SSSR count). The van der Waals surface area contributed by atoms with Gasteiger partial charge in [0.25, 0.3) is 5.91 Å². The topological polar surface area (TPSA) is 97.0 Å². The molecular weight excluding hydrogens is 446 g/mol. The molecule has 0 bridgehead atoms. The maximum absolute atomic E-state index is 13.1. The fraction of sp³-hybridized carbons (Fsp3) is 0.370. The third-order valence-corrected chi connectivity index (χ3v) is 5.72. The second-order valence-corrected chi connectivity index (χ2v) is 8.65. The van der Waals surface area contributed by atoms with Gasteiger partial charge in [-0.15, -0.1) is 0 Å². The minimum atomic E-state index is -0.704. The molecule has 0 saturated heterocycles. The number of methoxy groups -OCH3 is 1. The molecule has 1 aliphatic rings. The van der Waals surface area contributed by atoms with Crippen molar-refractivity contribution in [2.24, 2.45) is 0 Å². The van der Waals surface area contributed by atoms with Crippen molar-refractivity contribution >= 4 is 23.6 Å². The van der Waals surface area contributed by atoms with Crippen molar-refractivity contribution in [2.45, 2.75) is 52.7 Å². The fourth-order valence-electron chi connectivity index (χ4n) is 3.90. The lowest BCUT2D eigenvalue weighted by Crippen LogP contribution is -2.48. The monoisotopic (exact) mass is 479 g/mol. The predicted molar refractivity (Wildman–Crippen MR) is 134 cm³/mol. The largest absolute Gasteiger partial charge is 0.497 e. The zero-order valence-corrected chi connectivity index (χ0v) is 20.9. The van der Waals surface area contributed by atoms with Crippen molar-refractivity contribution < 1.29 is 23.9 Å². The van der Waals surface area contributed by atoms with Gasteiger partial charge < -0.3 is 20.1 Å². The van der Waals surface area contributed by atoms with Gasteiger partial charge in [0.2, 0.25) is 0 Å². The summed E-state index contributed by atoms with van der Waals surface area (Å²) in [4.78, 5) is 40.3. The Kier molecular flexibility index (Phi) is 8.52. The first kappa shape index (κ1) is 25.8. The van der Waals surface area contributed by atoms with Crippen molar-refractivity contribution in [1.29, 1.82) is 0 Å². The van der Waals surface area contributed by atoms with Crippen LogP contribution in [-0.2, 0) is 9.53 Å². The maximum Gasteiger partial charge on any atom is 0.338 e. The third kappa shape index (κ3) is 6.20. The standard InChI is InChI=1S/C27H33N3O5/c1-6-7-15-30-18(4)23(26(32)35-17(2)3)24(29-27(30)33)20-9-8-10-21(16-20)28-25(31)19-11-13-22(34-5)14-12-19/h8-14,16-17,24H,6-7,15H2,1-5H3,(H,28,31)(H,29,33). The van der Waals surface area contributed by atoms with E-state index in [9.17, 15) is 14.4 Å². The molecule has 1 aliphatic heterocycles. The van der Waals surface area contributed by atoms with Gasteiger partial charge in [0.15, 0.2) is 0 Å². The molecule has 0 saturated carbocycles. The van der Waals surface area contributed by atoms with Crippen LogP contribution >= 0.6 is 0 Å². The number of unbranched alkanes of at least 4 members (excludes halogenated alkanes) is 1. The number of nitrogens with one attached hydrogen (secondary N) is 2. The first-order chi connectivity index (χ1) is 16.7. The number of hydrogen-bond donors (Lipinski definition) is 2. The van der Waals surface area contributed by atoms with Crippen LogP contribution in [0.1, 0.15) is 62.5 Å². The molecule has 1 unspecified atom stereocenters. The average Bonchev–Trinajstić information content (AvgIpc) is 2.83. The summed E-state index contributed by atoms with van der Waals surface area (Å²) in [6.07, 6.45) is 1.43. The van der Waals surface area contributed by atoms with E-state index in [1.807, 2.05) is 13.0 Å². The highest BCUT2D eigenvalue weighted by molar-refractivity contribution is 6.04. The highest BCUT2D eigenvalue weighted by atomic mass is 16.5. The number of carbonyl (C=O) groups excluding carboxylic acids is 3. The number of carbonyl (C=O) groups is 3. The summed E-state index contributed by atoms with van der Waals surface area (Å²) in [6, 6.07) is 12.9. The molecule has 3 amide bonds. The number of urea groups is 1. The van der Waals surface area contributed by atoms with E-state index in [1.54, 1.807) is 75.2 Å². The lowest BCUT2D eigenvalue weighted by molar-refractivity contribution is -0.143. The van der Waals surface area contributed by atoms with Crippen molar-refractivity contribution in [3.8, 4) is 5.75 Å². The Morgan fingerprint density at radius 2 is 1.86 bits per heavy atom. The van der Waals surface area contributed by atoms with E-state index in [0.29, 0.717) is 40.4 Å². The fourth-order valence-corrected chi connectivity index (χ4v) is 3.90. The maximum atomic E-state index is 13.1. The van der Waals surface area contributed by atoms with E-state index in [1.165, 1.54) is 0 Å². The number of nitrogens with zero attached hydrogens (tertiary/aromatic N) is 1. The number of allylic oxidation sites excluding steroid dienone is 1. The average molecular weight is 480 g/mol. The zero-order valence-electron chi connectivity index (χ0n) is 20.9. The second kappa shape index (κ2) is 11.6. The van der Waals surface area contributed by atoms with Crippen LogP contribution in [0.5, 0.6) is 5.75 Å². The molecule has 8 nitrogen and oxygen atoms in total. The number of rotatable bonds is 9. The molecule has 1 heterocycles. The van der Waals surface area contributed by atoms with Gasteiger partial charge in [-0.3, -0.25) is 9.69 Å². The van der Waals surface area contributed by atoms with Crippen LogP contribution in [0, 0.1) is 0 Å². The van der Waals surface area contributed by atoms with Crippen molar-refractivity contribution in [1.82, 2.24) is 10.2 Å². The smallest absolute Gasteiger partial charge is 0.338 e. The molecule has 0 spiro atoms. The summed E-state index contributed by atoms with van der Waals surface area (Å²) in [5.74, 6) is -0.0985. The van der Waals surface area contributed by atoms with Gasteiger partial charge >= 0.3 is 12.0 Å². The minimum Gasteiger partial charge on any atom is -0.497 e. The summed E-state index contributed by atoms with van der Waals surface area (Å²) < 4.78 is 10.7. The molecule has 0 radical (unpaired) electrons. The summed E-state index contributed by atoms with van der Waals surface area (Å²) in [6.45, 7) is 7.90. The lowest BCUT2D eigenvalue weighted by atomic mass is 9.94. The molecule has 2 aromatic rings. The van der Waals surface area contributed by atoms with E-state index in [-0.39, 0.29) is 18.0 Å². The van der Waals surface area contributed by atoms with Crippen molar-refractivity contribution in [2.75, 3.05) is 19.0 Å². The van der Waals surface area contributed by atoms with Gasteiger partial charge in [0.05, 0.1) is 24.8 Å². The summed E-state index contributed by atoms with van der Waals surface area (Å²) >= 11 is 0. The van der Waals surface area contributed by atoms with E-state index in [0.717, 1.165) is 12.8 Å². The number of esters is 1. The van der Waals surface area contributed by atoms with Crippen LogP contribution in [-0.4, -0.2) is 42.6 Å². The number of benzene rings is 2. The van der Waals surface area contributed by atoms with Crippen molar-refractivity contribution in [3.05, 3.63) is 70.9 Å². The van der Waals surface area contributed by atoms with Crippen LogP contribution in [0.2, 0.25) is 0 Å². The summed E-state index contributed by atoms with van der Waals surface area (Å²) in [5.41, 5.74) is 2.64. The van der Waals surface area contributed by atoms with Crippen LogP contribution < -0.4 is 15.4 Å². The quantitative estimate of drug-likeness (QED) is 0.491. The van der Waals surface area contributed by atoms with Gasteiger partial charge in [-0.1, -0.05) is 25.5 Å². The Labute approximate surface area is 206 Å². The van der Waals surface area contributed by atoms with Gasteiger partial charge in [-0.2, -0.15) is 0 Å². The molecule has 0 aromatic heterocycles. The van der Waals surface area contributed by atoms with Gasteiger partial charge in [-0.05, 0) is 69.2 Å². The molecule has 8 heteroatoms. The molecule has 186 valence electrons. The Balaban J connectivity index is 1.91.